The van der Waals surface area contributed by atoms with Crippen molar-refractivity contribution >= 4 is 17.5 Å². The number of carbonyl (C=O) groups is 2. The van der Waals surface area contributed by atoms with Crippen molar-refractivity contribution in [2.75, 3.05) is 18.9 Å². The number of rotatable bonds is 5. The first-order valence-electron chi connectivity index (χ1n) is 7.67. The number of tetrazole rings is 1. The molecular formula is C17H15FN6O2. The summed E-state index contributed by atoms with van der Waals surface area (Å²) < 4.78 is 12.9. The lowest BCUT2D eigenvalue weighted by atomic mass is 10.1. The molecule has 132 valence electrons. The third kappa shape index (κ3) is 4.07. The van der Waals surface area contributed by atoms with Crippen LogP contribution < -0.4 is 5.32 Å². The molecule has 0 spiro atoms. The molecule has 0 saturated heterocycles. The number of aromatic amines is 1. The number of carbonyl (C=O) groups excluding carboxylic acids is 2. The largest absolute Gasteiger partial charge is 0.332 e. The first-order valence-corrected chi connectivity index (χ1v) is 7.67. The molecule has 2 aromatic carbocycles. The van der Waals surface area contributed by atoms with Crippen LogP contribution in [0.2, 0.25) is 0 Å². The number of nitrogens with one attached hydrogen (secondary N) is 2. The van der Waals surface area contributed by atoms with Gasteiger partial charge in [0.05, 0.1) is 6.54 Å². The second-order valence-electron chi connectivity index (χ2n) is 5.53. The van der Waals surface area contributed by atoms with E-state index in [4.69, 9.17) is 0 Å². The van der Waals surface area contributed by atoms with Gasteiger partial charge in [-0.25, -0.2) is 4.39 Å². The number of benzene rings is 2. The number of anilines is 1. The fourth-order valence-electron chi connectivity index (χ4n) is 2.29. The maximum atomic E-state index is 12.9. The van der Waals surface area contributed by atoms with Crippen LogP contribution in [0.3, 0.4) is 0 Å². The standard InChI is InChI=1S/C17H15FN6O2/c1-24(10-15(25)19-14-8-6-13(18)7-9-14)17(26)12-4-2-11(3-5-12)16-20-22-23-21-16/h2-9H,10H2,1H3,(H,19,25)(H,20,21,22,23). The van der Waals surface area contributed by atoms with Gasteiger partial charge in [0.25, 0.3) is 5.91 Å². The highest BCUT2D eigenvalue weighted by molar-refractivity contribution is 5.99. The van der Waals surface area contributed by atoms with E-state index in [1.807, 2.05) is 0 Å². The van der Waals surface area contributed by atoms with Crippen molar-refractivity contribution in [2.45, 2.75) is 0 Å². The van der Waals surface area contributed by atoms with Crippen LogP contribution in [0.15, 0.2) is 48.5 Å². The normalized spacial score (nSPS) is 10.4. The summed E-state index contributed by atoms with van der Waals surface area (Å²) >= 11 is 0. The molecule has 0 aliphatic heterocycles. The SMILES string of the molecule is CN(CC(=O)Nc1ccc(F)cc1)C(=O)c1ccc(-c2nn[nH]n2)cc1. The second-order valence-corrected chi connectivity index (χ2v) is 5.53. The number of halogens is 1. The zero-order valence-electron chi connectivity index (χ0n) is 13.8. The summed E-state index contributed by atoms with van der Waals surface area (Å²) in [7, 11) is 1.53. The van der Waals surface area contributed by atoms with Crippen LogP contribution >= 0.6 is 0 Å². The Morgan fingerprint density at radius 3 is 2.42 bits per heavy atom. The number of hydrogen-bond donors (Lipinski definition) is 2. The van der Waals surface area contributed by atoms with Gasteiger partial charge in [-0.1, -0.05) is 12.1 Å². The summed E-state index contributed by atoms with van der Waals surface area (Å²) in [6.07, 6.45) is 0. The molecule has 0 saturated carbocycles. The summed E-state index contributed by atoms with van der Waals surface area (Å²) in [6, 6.07) is 12.0. The summed E-state index contributed by atoms with van der Waals surface area (Å²) in [5, 5.41) is 16.2. The zero-order valence-corrected chi connectivity index (χ0v) is 13.8. The molecule has 0 atom stereocenters. The highest BCUT2D eigenvalue weighted by atomic mass is 19.1. The molecule has 1 heterocycles. The van der Waals surface area contributed by atoms with Gasteiger partial charge in [-0.15, -0.1) is 10.2 Å². The van der Waals surface area contributed by atoms with Gasteiger partial charge in [-0.3, -0.25) is 9.59 Å². The van der Waals surface area contributed by atoms with E-state index < -0.39 is 0 Å². The molecule has 2 amide bonds. The lowest BCUT2D eigenvalue weighted by molar-refractivity contribution is -0.116. The van der Waals surface area contributed by atoms with E-state index in [2.05, 4.69) is 25.9 Å². The Kier molecular flexibility index (Phi) is 4.97. The molecule has 0 radical (unpaired) electrons. The predicted molar refractivity (Wildman–Crippen MR) is 91.6 cm³/mol. The minimum atomic E-state index is -0.389. The molecule has 0 aliphatic carbocycles. The molecule has 1 aromatic heterocycles. The molecule has 26 heavy (non-hydrogen) atoms. The van der Waals surface area contributed by atoms with E-state index in [0.29, 0.717) is 22.6 Å². The Morgan fingerprint density at radius 1 is 1.12 bits per heavy atom. The average Bonchev–Trinajstić information content (AvgIpc) is 3.18. The first-order chi connectivity index (χ1) is 12.5. The van der Waals surface area contributed by atoms with Gasteiger partial charge in [-0.2, -0.15) is 5.21 Å². The maximum Gasteiger partial charge on any atom is 0.254 e. The van der Waals surface area contributed by atoms with Crippen LogP contribution in [-0.4, -0.2) is 50.9 Å². The van der Waals surface area contributed by atoms with E-state index >= 15 is 0 Å². The Morgan fingerprint density at radius 2 is 1.81 bits per heavy atom. The molecule has 0 bridgehead atoms. The van der Waals surface area contributed by atoms with E-state index in [1.54, 1.807) is 24.3 Å². The third-order valence-corrected chi connectivity index (χ3v) is 3.59. The van der Waals surface area contributed by atoms with Crippen molar-refractivity contribution in [3.63, 3.8) is 0 Å². The molecule has 8 nitrogen and oxygen atoms in total. The quantitative estimate of drug-likeness (QED) is 0.726. The summed E-state index contributed by atoms with van der Waals surface area (Å²) in [5.41, 5.74) is 1.60. The second kappa shape index (κ2) is 7.51. The minimum absolute atomic E-state index is 0.136. The van der Waals surface area contributed by atoms with Crippen LogP contribution in [0.4, 0.5) is 10.1 Å². The third-order valence-electron chi connectivity index (χ3n) is 3.59. The number of amides is 2. The van der Waals surface area contributed by atoms with E-state index in [1.165, 1.54) is 36.2 Å². The van der Waals surface area contributed by atoms with Crippen molar-refractivity contribution in [2.24, 2.45) is 0 Å². The van der Waals surface area contributed by atoms with Gasteiger partial charge in [0.15, 0.2) is 0 Å². The average molecular weight is 354 g/mol. The minimum Gasteiger partial charge on any atom is -0.332 e. The number of likely N-dealkylation sites (N-methyl/N-ethyl adjacent to an activating group) is 1. The maximum absolute atomic E-state index is 12.9. The predicted octanol–water partition coefficient (Wildman–Crippen LogP) is 1.72. The van der Waals surface area contributed by atoms with Gasteiger partial charge in [-0.05, 0) is 41.6 Å². The van der Waals surface area contributed by atoms with Crippen LogP contribution in [0.25, 0.3) is 11.4 Å². The van der Waals surface area contributed by atoms with Crippen molar-refractivity contribution in [3.05, 3.63) is 59.9 Å². The Hall–Kier alpha value is -3.62. The van der Waals surface area contributed by atoms with Gasteiger partial charge < -0.3 is 10.2 Å². The van der Waals surface area contributed by atoms with E-state index in [9.17, 15) is 14.0 Å². The number of H-pyrrole nitrogens is 1. The van der Waals surface area contributed by atoms with Gasteiger partial charge in [0, 0.05) is 23.9 Å². The molecule has 2 N–H and O–H groups in total. The fourth-order valence-corrected chi connectivity index (χ4v) is 2.29. The lowest BCUT2D eigenvalue weighted by Crippen LogP contribution is -2.34. The number of hydrogen-bond acceptors (Lipinski definition) is 5. The molecule has 0 aliphatic rings. The Labute approximate surface area is 148 Å². The molecule has 9 heteroatoms. The van der Waals surface area contributed by atoms with Gasteiger partial charge in [0.1, 0.15) is 5.82 Å². The summed E-state index contributed by atoms with van der Waals surface area (Å²) in [5.74, 6) is -0.648. The molecule has 3 aromatic rings. The highest BCUT2D eigenvalue weighted by Crippen LogP contribution is 2.15. The monoisotopic (exact) mass is 354 g/mol. The van der Waals surface area contributed by atoms with Crippen LogP contribution in [0.5, 0.6) is 0 Å². The first kappa shape index (κ1) is 17.2. The Balaban J connectivity index is 1.60. The molecule has 0 unspecified atom stereocenters. The molecular weight excluding hydrogens is 339 g/mol. The van der Waals surface area contributed by atoms with Crippen molar-refractivity contribution in [3.8, 4) is 11.4 Å². The van der Waals surface area contributed by atoms with Crippen LogP contribution in [-0.2, 0) is 4.79 Å². The number of aromatic nitrogens is 4. The smallest absolute Gasteiger partial charge is 0.254 e. The van der Waals surface area contributed by atoms with Crippen LogP contribution in [0, 0.1) is 5.82 Å². The van der Waals surface area contributed by atoms with E-state index in [0.717, 1.165) is 0 Å². The summed E-state index contributed by atoms with van der Waals surface area (Å²) in [4.78, 5) is 25.7. The number of nitrogens with zero attached hydrogens (tertiary/aromatic N) is 4. The highest BCUT2D eigenvalue weighted by Gasteiger charge is 2.15. The Bertz CT molecular complexity index is 894. The fraction of sp³-hybridized carbons (Fsp3) is 0.118. The van der Waals surface area contributed by atoms with Crippen molar-refractivity contribution < 1.29 is 14.0 Å². The summed E-state index contributed by atoms with van der Waals surface area (Å²) in [6.45, 7) is -0.136. The molecule has 0 fully saturated rings. The van der Waals surface area contributed by atoms with Crippen LogP contribution in [0.1, 0.15) is 10.4 Å². The zero-order chi connectivity index (χ0) is 18.5. The van der Waals surface area contributed by atoms with Gasteiger partial charge in [0.2, 0.25) is 11.7 Å². The lowest BCUT2D eigenvalue weighted by Gasteiger charge is -2.17. The molecule has 3 rings (SSSR count). The topological polar surface area (TPSA) is 104 Å². The van der Waals surface area contributed by atoms with E-state index in [-0.39, 0.29) is 24.2 Å². The van der Waals surface area contributed by atoms with Gasteiger partial charge >= 0.3 is 0 Å². The van der Waals surface area contributed by atoms with Crippen molar-refractivity contribution in [1.29, 1.82) is 0 Å². The van der Waals surface area contributed by atoms with Crippen molar-refractivity contribution in [1.82, 2.24) is 25.5 Å².